The number of thioether (sulfide) groups is 1. The van der Waals surface area contributed by atoms with Crippen molar-refractivity contribution in [2.75, 3.05) is 12.3 Å². The predicted molar refractivity (Wildman–Crippen MR) is 76.5 cm³/mol. The van der Waals surface area contributed by atoms with E-state index in [9.17, 15) is 0 Å². The van der Waals surface area contributed by atoms with Gasteiger partial charge in [0.2, 0.25) is 0 Å². The quantitative estimate of drug-likeness (QED) is 0.638. The topological polar surface area (TPSA) is 25.2 Å². The van der Waals surface area contributed by atoms with Crippen molar-refractivity contribution >= 4 is 11.8 Å². The van der Waals surface area contributed by atoms with Gasteiger partial charge < -0.3 is 9.73 Å². The van der Waals surface area contributed by atoms with Gasteiger partial charge in [-0.15, -0.1) is 0 Å². The van der Waals surface area contributed by atoms with Gasteiger partial charge in [-0.1, -0.05) is 26.2 Å². The summed E-state index contributed by atoms with van der Waals surface area (Å²) in [5, 5.41) is 3.57. The Labute approximate surface area is 110 Å². The van der Waals surface area contributed by atoms with E-state index in [0.717, 1.165) is 23.8 Å². The Kier molecular flexibility index (Phi) is 8.28. The summed E-state index contributed by atoms with van der Waals surface area (Å²) in [5.74, 6) is 3.21. The van der Waals surface area contributed by atoms with Gasteiger partial charge in [0, 0.05) is 18.3 Å². The third-order valence-electron chi connectivity index (χ3n) is 2.80. The van der Waals surface area contributed by atoms with Gasteiger partial charge in [0.05, 0.1) is 12.0 Å². The average molecular weight is 255 g/mol. The molecule has 1 aromatic rings. The molecule has 1 atom stereocenters. The number of rotatable bonds is 10. The smallest absolute Gasteiger partial charge is 0.113 e. The van der Waals surface area contributed by atoms with Crippen LogP contribution < -0.4 is 5.32 Å². The molecular formula is C14H25NOS. The highest BCUT2D eigenvalue weighted by Crippen LogP contribution is 2.11. The second-order valence-electron chi connectivity index (χ2n) is 4.48. The molecule has 0 spiro atoms. The van der Waals surface area contributed by atoms with Gasteiger partial charge in [-0.25, -0.2) is 0 Å². The maximum absolute atomic E-state index is 5.29. The molecule has 98 valence electrons. The minimum atomic E-state index is 0.658. The predicted octanol–water partition coefficient (Wildman–Crippen LogP) is 4.07. The Morgan fingerprint density at radius 1 is 1.41 bits per heavy atom. The summed E-state index contributed by atoms with van der Waals surface area (Å²) in [7, 11) is 0. The fraction of sp³-hybridized carbons (Fsp3) is 0.714. The van der Waals surface area contributed by atoms with E-state index in [0.29, 0.717) is 6.04 Å². The van der Waals surface area contributed by atoms with E-state index in [4.69, 9.17) is 4.42 Å². The van der Waals surface area contributed by atoms with E-state index in [1.54, 1.807) is 6.26 Å². The summed E-state index contributed by atoms with van der Waals surface area (Å²) in [6, 6.07) is 4.64. The second-order valence-corrected chi connectivity index (χ2v) is 5.59. The third-order valence-corrected chi connectivity index (χ3v) is 3.79. The largest absolute Gasteiger partial charge is 0.468 e. The van der Waals surface area contributed by atoms with Gasteiger partial charge in [0.25, 0.3) is 0 Å². The Hall–Kier alpha value is -0.410. The molecule has 0 bridgehead atoms. The van der Waals surface area contributed by atoms with Crippen molar-refractivity contribution in [2.45, 2.75) is 51.3 Å². The van der Waals surface area contributed by atoms with Crippen molar-refractivity contribution in [3.63, 3.8) is 0 Å². The molecule has 2 nitrogen and oxygen atoms in total. The molecule has 0 amide bonds. The summed E-state index contributed by atoms with van der Waals surface area (Å²) in [5.41, 5.74) is 0. The molecule has 1 heterocycles. The Balaban J connectivity index is 1.89. The molecule has 1 rings (SSSR count). The van der Waals surface area contributed by atoms with E-state index in [1.165, 1.54) is 25.7 Å². The number of unbranched alkanes of at least 4 members (excludes halogenated alkanes) is 2. The molecule has 0 radical (unpaired) electrons. The molecule has 1 unspecified atom stereocenters. The lowest BCUT2D eigenvalue weighted by Gasteiger charge is -2.12. The molecule has 0 fully saturated rings. The molecular weight excluding hydrogens is 230 g/mol. The van der Waals surface area contributed by atoms with Crippen LogP contribution in [0, 0.1) is 0 Å². The van der Waals surface area contributed by atoms with Crippen LogP contribution in [0.3, 0.4) is 0 Å². The molecule has 0 aliphatic rings. The number of nitrogens with one attached hydrogen (secondary N) is 1. The van der Waals surface area contributed by atoms with E-state index >= 15 is 0 Å². The molecule has 0 aromatic carbocycles. The van der Waals surface area contributed by atoms with E-state index in [-0.39, 0.29) is 0 Å². The first-order chi connectivity index (χ1) is 8.33. The zero-order valence-corrected chi connectivity index (χ0v) is 11.9. The van der Waals surface area contributed by atoms with Crippen LogP contribution >= 0.6 is 11.8 Å². The zero-order valence-electron chi connectivity index (χ0n) is 11.1. The Morgan fingerprint density at radius 2 is 2.29 bits per heavy atom. The van der Waals surface area contributed by atoms with Gasteiger partial charge >= 0.3 is 0 Å². The Morgan fingerprint density at radius 3 is 3.00 bits per heavy atom. The summed E-state index contributed by atoms with van der Waals surface area (Å²) in [4.78, 5) is 0. The molecule has 0 saturated heterocycles. The van der Waals surface area contributed by atoms with Crippen LogP contribution in [0.5, 0.6) is 0 Å². The first kappa shape index (κ1) is 14.7. The standard InChI is InChI=1S/C14H25NOS/c1-3-4-5-7-13(2)15-9-11-17-12-14-8-6-10-16-14/h6,8,10,13,15H,3-5,7,9,11-12H2,1-2H3. The van der Waals surface area contributed by atoms with Crippen LogP contribution in [0.1, 0.15) is 45.3 Å². The fourth-order valence-electron chi connectivity index (χ4n) is 1.75. The summed E-state index contributed by atoms with van der Waals surface area (Å²) >= 11 is 1.93. The first-order valence-corrected chi connectivity index (χ1v) is 7.82. The first-order valence-electron chi connectivity index (χ1n) is 6.66. The van der Waals surface area contributed by atoms with Crippen LogP contribution in [-0.2, 0) is 5.75 Å². The highest BCUT2D eigenvalue weighted by atomic mass is 32.2. The maximum Gasteiger partial charge on any atom is 0.113 e. The lowest BCUT2D eigenvalue weighted by Crippen LogP contribution is -2.28. The molecule has 17 heavy (non-hydrogen) atoms. The summed E-state index contributed by atoms with van der Waals surface area (Å²) in [6.45, 7) is 5.63. The molecule has 1 N–H and O–H groups in total. The lowest BCUT2D eigenvalue weighted by molar-refractivity contribution is 0.501. The lowest BCUT2D eigenvalue weighted by atomic mass is 10.1. The van der Waals surface area contributed by atoms with Gasteiger partial charge in [-0.05, 0) is 25.5 Å². The molecule has 0 saturated carbocycles. The van der Waals surface area contributed by atoms with Crippen molar-refractivity contribution in [3.8, 4) is 0 Å². The number of hydrogen-bond acceptors (Lipinski definition) is 3. The molecule has 0 aliphatic heterocycles. The van der Waals surface area contributed by atoms with E-state index in [1.807, 2.05) is 23.9 Å². The summed E-state index contributed by atoms with van der Waals surface area (Å²) in [6.07, 6.45) is 7.07. The van der Waals surface area contributed by atoms with Crippen molar-refractivity contribution in [1.29, 1.82) is 0 Å². The van der Waals surface area contributed by atoms with Crippen molar-refractivity contribution in [3.05, 3.63) is 24.2 Å². The van der Waals surface area contributed by atoms with Gasteiger partial charge in [-0.3, -0.25) is 0 Å². The van der Waals surface area contributed by atoms with Crippen LogP contribution in [0.25, 0.3) is 0 Å². The molecule has 1 aromatic heterocycles. The monoisotopic (exact) mass is 255 g/mol. The van der Waals surface area contributed by atoms with Crippen molar-refractivity contribution in [2.24, 2.45) is 0 Å². The maximum atomic E-state index is 5.29. The SMILES string of the molecule is CCCCCC(C)NCCSCc1ccco1. The number of furan rings is 1. The van der Waals surface area contributed by atoms with Crippen LogP contribution in [0.2, 0.25) is 0 Å². The minimum absolute atomic E-state index is 0.658. The van der Waals surface area contributed by atoms with E-state index in [2.05, 4.69) is 19.2 Å². The van der Waals surface area contributed by atoms with Crippen molar-refractivity contribution < 1.29 is 4.42 Å². The highest BCUT2D eigenvalue weighted by molar-refractivity contribution is 7.98. The van der Waals surface area contributed by atoms with E-state index < -0.39 is 0 Å². The van der Waals surface area contributed by atoms with Gasteiger partial charge in [0.15, 0.2) is 0 Å². The highest BCUT2D eigenvalue weighted by Gasteiger charge is 2.00. The van der Waals surface area contributed by atoms with Crippen LogP contribution in [-0.4, -0.2) is 18.3 Å². The minimum Gasteiger partial charge on any atom is -0.468 e. The number of hydrogen-bond donors (Lipinski definition) is 1. The normalized spacial score (nSPS) is 12.8. The Bertz CT molecular complexity index is 261. The molecule has 3 heteroatoms. The van der Waals surface area contributed by atoms with Crippen LogP contribution in [0.4, 0.5) is 0 Å². The fourth-order valence-corrected chi connectivity index (χ4v) is 2.52. The summed E-state index contributed by atoms with van der Waals surface area (Å²) < 4.78 is 5.29. The zero-order chi connectivity index (χ0) is 12.3. The third kappa shape index (κ3) is 7.50. The van der Waals surface area contributed by atoms with Crippen molar-refractivity contribution in [1.82, 2.24) is 5.32 Å². The van der Waals surface area contributed by atoms with Crippen LogP contribution in [0.15, 0.2) is 22.8 Å². The molecule has 0 aliphatic carbocycles. The van der Waals surface area contributed by atoms with Gasteiger partial charge in [0.1, 0.15) is 5.76 Å². The average Bonchev–Trinajstić information content (AvgIpc) is 2.82. The van der Waals surface area contributed by atoms with Gasteiger partial charge in [-0.2, -0.15) is 11.8 Å². The second kappa shape index (κ2) is 9.60.